The number of nitrogens with one attached hydrogen (secondary N) is 1. The maximum absolute atomic E-state index is 4.58. The zero-order valence-corrected chi connectivity index (χ0v) is 19.0. The van der Waals surface area contributed by atoms with E-state index in [0.717, 1.165) is 37.0 Å². The molecule has 4 aromatic rings. The van der Waals surface area contributed by atoms with E-state index in [1.54, 1.807) is 0 Å². The highest BCUT2D eigenvalue weighted by atomic mass is 15.5. The average molecular weight is 442 g/mol. The Labute approximate surface area is 194 Å². The number of hydrogen-bond acceptors (Lipinski definition) is 5. The first-order valence-electron chi connectivity index (χ1n) is 12.2. The Balaban J connectivity index is 1.35. The van der Waals surface area contributed by atoms with Gasteiger partial charge in [0, 0.05) is 37.4 Å². The second kappa shape index (κ2) is 9.08. The van der Waals surface area contributed by atoms with Gasteiger partial charge < -0.3 is 4.98 Å². The molecule has 2 fully saturated rings. The van der Waals surface area contributed by atoms with Crippen LogP contribution in [0.25, 0.3) is 10.9 Å². The lowest BCUT2D eigenvalue weighted by Crippen LogP contribution is -2.42. The van der Waals surface area contributed by atoms with Gasteiger partial charge in [-0.1, -0.05) is 42.8 Å². The number of hydrogen-bond donors (Lipinski definition) is 1. The Morgan fingerprint density at radius 3 is 2.70 bits per heavy atom. The minimum atomic E-state index is 0.0318. The fourth-order valence-electron chi connectivity index (χ4n) is 5.37. The number of aromatic nitrogens is 5. The highest BCUT2D eigenvalue weighted by molar-refractivity contribution is 5.80. The largest absolute Gasteiger partial charge is 0.361 e. The van der Waals surface area contributed by atoms with Crippen molar-refractivity contribution in [2.75, 3.05) is 26.2 Å². The summed E-state index contributed by atoms with van der Waals surface area (Å²) in [7, 11) is 0. The molecule has 33 heavy (non-hydrogen) atoms. The van der Waals surface area contributed by atoms with Crippen LogP contribution in [0.5, 0.6) is 0 Å². The van der Waals surface area contributed by atoms with Crippen LogP contribution in [0.1, 0.15) is 48.7 Å². The number of aromatic amines is 1. The molecular weight excluding hydrogens is 410 g/mol. The van der Waals surface area contributed by atoms with Gasteiger partial charge >= 0.3 is 0 Å². The molecule has 0 amide bonds. The number of nitrogens with zero attached hydrogens (tertiary/aromatic N) is 6. The molecule has 3 heterocycles. The lowest BCUT2D eigenvalue weighted by molar-refractivity contribution is 0.127. The number of tetrazole rings is 1. The molecule has 0 radical (unpaired) electrons. The van der Waals surface area contributed by atoms with E-state index in [4.69, 9.17) is 0 Å². The van der Waals surface area contributed by atoms with Crippen LogP contribution < -0.4 is 0 Å². The third kappa shape index (κ3) is 4.18. The predicted octanol–water partition coefficient (Wildman–Crippen LogP) is 3.85. The van der Waals surface area contributed by atoms with E-state index in [2.05, 4.69) is 78.8 Å². The zero-order valence-electron chi connectivity index (χ0n) is 19.0. The van der Waals surface area contributed by atoms with Crippen molar-refractivity contribution in [1.82, 2.24) is 35.0 Å². The van der Waals surface area contributed by atoms with Gasteiger partial charge in [-0.2, -0.15) is 0 Å². The molecule has 1 saturated heterocycles. The summed E-state index contributed by atoms with van der Waals surface area (Å²) in [5.41, 5.74) is 3.62. The molecule has 2 aliphatic rings. The molecule has 6 rings (SSSR count). The predicted molar refractivity (Wildman–Crippen MR) is 129 cm³/mol. The van der Waals surface area contributed by atoms with Crippen molar-refractivity contribution in [1.29, 1.82) is 0 Å². The first-order chi connectivity index (χ1) is 16.3. The Hall–Kier alpha value is -3.03. The average Bonchev–Trinajstić information content (AvgIpc) is 3.39. The Morgan fingerprint density at radius 2 is 1.85 bits per heavy atom. The highest BCUT2D eigenvalue weighted by Gasteiger charge is 2.32. The summed E-state index contributed by atoms with van der Waals surface area (Å²) < 4.78 is 1.98. The van der Waals surface area contributed by atoms with Gasteiger partial charge in [-0.05, 0) is 70.9 Å². The number of rotatable bonds is 6. The van der Waals surface area contributed by atoms with Crippen LogP contribution >= 0.6 is 0 Å². The molecule has 2 aromatic carbocycles. The molecule has 1 unspecified atom stereocenters. The number of fused-ring (bicyclic) bond motifs is 1. The molecule has 170 valence electrons. The topological polar surface area (TPSA) is 65.9 Å². The van der Waals surface area contributed by atoms with E-state index in [9.17, 15) is 0 Å². The molecule has 7 nitrogen and oxygen atoms in total. The molecule has 1 aliphatic carbocycles. The lowest BCUT2D eigenvalue weighted by Gasteiger charge is -2.37. The normalized spacial score (nSPS) is 19.4. The summed E-state index contributed by atoms with van der Waals surface area (Å²) in [5.74, 6) is 0.922. The molecule has 1 aliphatic heterocycles. The first kappa shape index (κ1) is 20.6. The third-order valence-corrected chi connectivity index (χ3v) is 7.39. The molecule has 1 atom stereocenters. The van der Waals surface area contributed by atoms with Crippen molar-refractivity contribution < 1.29 is 0 Å². The van der Waals surface area contributed by atoms with Crippen molar-refractivity contribution >= 4 is 10.9 Å². The summed E-state index contributed by atoms with van der Waals surface area (Å²) in [4.78, 5) is 8.63. The van der Waals surface area contributed by atoms with Gasteiger partial charge in [0.25, 0.3) is 0 Å². The van der Waals surface area contributed by atoms with Crippen LogP contribution in [-0.2, 0) is 6.54 Å². The zero-order chi connectivity index (χ0) is 22.0. The first-order valence-corrected chi connectivity index (χ1v) is 12.2. The van der Waals surface area contributed by atoms with Crippen LogP contribution in [0.4, 0.5) is 0 Å². The summed E-state index contributed by atoms with van der Waals surface area (Å²) in [5, 5.41) is 14.3. The quantitative estimate of drug-likeness (QED) is 0.492. The van der Waals surface area contributed by atoms with E-state index in [1.165, 1.54) is 48.7 Å². The molecule has 2 aromatic heterocycles. The molecular formula is C26H31N7. The second-order valence-corrected chi connectivity index (χ2v) is 9.42. The summed E-state index contributed by atoms with van der Waals surface area (Å²) in [6.45, 7) is 5.07. The summed E-state index contributed by atoms with van der Waals surface area (Å²) in [6.07, 6.45) is 7.30. The van der Waals surface area contributed by atoms with Gasteiger partial charge in [-0.25, -0.2) is 4.68 Å². The molecule has 1 N–H and O–H groups in total. The lowest BCUT2D eigenvalue weighted by atomic mass is 9.91. The van der Waals surface area contributed by atoms with Crippen LogP contribution in [-0.4, -0.2) is 67.2 Å². The fourth-order valence-corrected chi connectivity index (χ4v) is 5.37. The van der Waals surface area contributed by atoms with Gasteiger partial charge in [0.2, 0.25) is 0 Å². The third-order valence-electron chi connectivity index (χ3n) is 7.39. The maximum Gasteiger partial charge on any atom is 0.173 e. The van der Waals surface area contributed by atoms with Gasteiger partial charge in [0.05, 0.1) is 12.6 Å². The molecule has 0 spiro atoms. The SMILES string of the molecule is c1ccc(Cn2nnnc2C(c2ccc3[nH]ccc3c2)N2CCCN(C3CCC3)CC2)cc1. The van der Waals surface area contributed by atoms with Crippen molar-refractivity contribution in [3.63, 3.8) is 0 Å². The molecule has 0 bridgehead atoms. The molecule has 7 heteroatoms. The summed E-state index contributed by atoms with van der Waals surface area (Å²) in [6, 6.07) is 20.1. The van der Waals surface area contributed by atoms with Gasteiger partial charge in [-0.3, -0.25) is 9.80 Å². The van der Waals surface area contributed by atoms with Crippen LogP contribution in [0.3, 0.4) is 0 Å². The Kier molecular flexibility index (Phi) is 5.66. The Morgan fingerprint density at radius 1 is 0.939 bits per heavy atom. The maximum atomic E-state index is 4.58. The van der Waals surface area contributed by atoms with E-state index >= 15 is 0 Å². The highest BCUT2D eigenvalue weighted by Crippen LogP contribution is 2.32. The number of H-pyrrole nitrogens is 1. The second-order valence-electron chi connectivity index (χ2n) is 9.42. The van der Waals surface area contributed by atoms with E-state index < -0.39 is 0 Å². The van der Waals surface area contributed by atoms with Crippen LogP contribution in [0.15, 0.2) is 60.8 Å². The van der Waals surface area contributed by atoms with Gasteiger partial charge in [0.15, 0.2) is 5.82 Å². The monoisotopic (exact) mass is 441 g/mol. The van der Waals surface area contributed by atoms with Crippen LogP contribution in [0, 0.1) is 0 Å². The summed E-state index contributed by atoms with van der Waals surface area (Å²) >= 11 is 0. The fraction of sp³-hybridized carbons (Fsp3) is 0.423. The van der Waals surface area contributed by atoms with Crippen molar-refractivity contribution in [2.24, 2.45) is 0 Å². The van der Waals surface area contributed by atoms with E-state index in [-0.39, 0.29) is 6.04 Å². The molecule has 1 saturated carbocycles. The van der Waals surface area contributed by atoms with Crippen molar-refractivity contribution in [3.8, 4) is 0 Å². The van der Waals surface area contributed by atoms with E-state index in [0.29, 0.717) is 6.54 Å². The van der Waals surface area contributed by atoms with Gasteiger partial charge in [0.1, 0.15) is 0 Å². The van der Waals surface area contributed by atoms with Crippen molar-refractivity contribution in [2.45, 2.75) is 44.3 Å². The standard InChI is InChI=1S/C26H31N7/c1-2-6-20(7-3-1)19-33-26(28-29-30-33)25(22-10-11-24-21(18-22)12-13-27-24)32-15-5-14-31(16-17-32)23-8-4-9-23/h1-3,6-7,10-13,18,23,25,27H,4-5,8-9,14-17,19H2. The smallest absolute Gasteiger partial charge is 0.173 e. The minimum Gasteiger partial charge on any atom is -0.361 e. The van der Waals surface area contributed by atoms with Crippen LogP contribution in [0.2, 0.25) is 0 Å². The Bertz CT molecular complexity index is 1190. The minimum absolute atomic E-state index is 0.0318. The van der Waals surface area contributed by atoms with E-state index in [1.807, 2.05) is 16.9 Å². The number of benzene rings is 2. The van der Waals surface area contributed by atoms with Crippen molar-refractivity contribution in [3.05, 3.63) is 77.7 Å². The van der Waals surface area contributed by atoms with Gasteiger partial charge in [-0.15, -0.1) is 5.10 Å².